The lowest BCUT2D eigenvalue weighted by molar-refractivity contribution is -0.134. The highest BCUT2D eigenvalue weighted by atomic mass is 16.2. The zero-order chi connectivity index (χ0) is 14.4. The van der Waals surface area contributed by atoms with Gasteiger partial charge in [-0.1, -0.05) is 50.1 Å². The number of benzene rings is 1. The van der Waals surface area contributed by atoms with Crippen LogP contribution < -0.4 is 5.73 Å². The zero-order valence-electron chi connectivity index (χ0n) is 12.5. The number of hydrogen-bond acceptors (Lipinski definition) is 2. The van der Waals surface area contributed by atoms with E-state index >= 15 is 0 Å². The van der Waals surface area contributed by atoms with Crippen molar-refractivity contribution >= 4 is 5.91 Å². The van der Waals surface area contributed by atoms with Crippen molar-refractivity contribution in [3.05, 3.63) is 35.4 Å². The summed E-state index contributed by atoms with van der Waals surface area (Å²) in [5, 5.41) is 0. The summed E-state index contributed by atoms with van der Waals surface area (Å²) in [7, 11) is 0. The fraction of sp³-hybridized carbons (Fsp3) is 0.562. The van der Waals surface area contributed by atoms with E-state index in [9.17, 15) is 4.79 Å². The third-order valence-corrected chi connectivity index (χ3v) is 3.69. The fourth-order valence-electron chi connectivity index (χ4n) is 2.08. The Bertz CT molecular complexity index is 417. The summed E-state index contributed by atoms with van der Waals surface area (Å²) in [6.45, 7) is 9.49. The van der Waals surface area contributed by atoms with Gasteiger partial charge in [0.2, 0.25) is 5.91 Å². The molecular weight excluding hydrogens is 236 g/mol. The van der Waals surface area contributed by atoms with Crippen LogP contribution in [0.15, 0.2) is 24.3 Å². The van der Waals surface area contributed by atoms with Crippen LogP contribution in [0.25, 0.3) is 0 Å². The molecule has 1 aromatic carbocycles. The van der Waals surface area contributed by atoms with Gasteiger partial charge in [0.05, 0.1) is 6.04 Å². The number of nitrogens with zero attached hydrogens (tertiary/aromatic N) is 1. The van der Waals surface area contributed by atoms with Gasteiger partial charge in [-0.15, -0.1) is 0 Å². The van der Waals surface area contributed by atoms with Crippen molar-refractivity contribution in [3.8, 4) is 0 Å². The van der Waals surface area contributed by atoms with Gasteiger partial charge in [0.15, 0.2) is 0 Å². The van der Waals surface area contributed by atoms with Crippen molar-refractivity contribution in [1.82, 2.24) is 4.90 Å². The molecule has 0 aromatic heterocycles. The smallest absolute Gasteiger partial charge is 0.240 e. The molecule has 0 unspecified atom stereocenters. The van der Waals surface area contributed by atoms with Gasteiger partial charge in [0, 0.05) is 13.1 Å². The highest BCUT2D eigenvalue weighted by Gasteiger charge is 2.24. The molecule has 0 radical (unpaired) electrons. The summed E-state index contributed by atoms with van der Waals surface area (Å²) in [4.78, 5) is 14.2. The van der Waals surface area contributed by atoms with Crippen LogP contribution in [0.1, 0.15) is 38.3 Å². The molecule has 0 aliphatic carbocycles. The van der Waals surface area contributed by atoms with Gasteiger partial charge in [-0.25, -0.2) is 0 Å². The summed E-state index contributed by atoms with van der Waals surface area (Å²) in [6, 6.07) is 7.86. The van der Waals surface area contributed by atoms with Gasteiger partial charge in [0.1, 0.15) is 0 Å². The average Bonchev–Trinajstić information content (AvgIpc) is 2.42. The lowest BCUT2D eigenvalue weighted by Gasteiger charge is -2.27. The van der Waals surface area contributed by atoms with Gasteiger partial charge < -0.3 is 10.6 Å². The molecule has 1 rings (SSSR count). The minimum absolute atomic E-state index is 0.0540. The highest BCUT2D eigenvalue weighted by molar-refractivity contribution is 5.81. The van der Waals surface area contributed by atoms with Gasteiger partial charge in [-0.2, -0.15) is 0 Å². The minimum atomic E-state index is -0.394. The summed E-state index contributed by atoms with van der Waals surface area (Å²) in [6.07, 6.45) is 0.926. The fourth-order valence-corrected chi connectivity index (χ4v) is 2.08. The number of hydrogen-bond donors (Lipinski definition) is 1. The molecule has 106 valence electrons. The van der Waals surface area contributed by atoms with Crippen LogP contribution in [0.4, 0.5) is 0 Å². The summed E-state index contributed by atoms with van der Waals surface area (Å²) >= 11 is 0. The molecular formula is C16H26N2O. The molecule has 0 saturated heterocycles. The molecule has 0 aliphatic heterocycles. The lowest BCUT2D eigenvalue weighted by Crippen LogP contribution is -2.46. The Morgan fingerprint density at radius 1 is 1.37 bits per heavy atom. The molecule has 3 nitrogen and oxygen atoms in total. The van der Waals surface area contributed by atoms with E-state index in [1.807, 2.05) is 24.8 Å². The number of carbonyl (C=O) groups is 1. The Balaban J connectivity index is 2.75. The van der Waals surface area contributed by atoms with Crippen LogP contribution in [-0.2, 0) is 11.3 Å². The number of nitrogens with two attached hydrogens (primary N) is 1. The van der Waals surface area contributed by atoms with Gasteiger partial charge in [0.25, 0.3) is 0 Å². The van der Waals surface area contributed by atoms with E-state index in [-0.39, 0.29) is 11.8 Å². The largest absolute Gasteiger partial charge is 0.337 e. The van der Waals surface area contributed by atoms with Crippen LogP contribution in [0.5, 0.6) is 0 Å². The SMILES string of the molecule is CC[C@H](C)[C@H](N)C(=O)N(CC)Cc1cccc(C)c1. The van der Waals surface area contributed by atoms with Gasteiger partial charge in [-0.3, -0.25) is 4.79 Å². The molecule has 0 aliphatic rings. The van der Waals surface area contributed by atoms with Crippen molar-refractivity contribution in [1.29, 1.82) is 0 Å². The number of carbonyl (C=O) groups excluding carboxylic acids is 1. The van der Waals surface area contributed by atoms with E-state index < -0.39 is 6.04 Å². The Hall–Kier alpha value is -1.35. The topological polar surface area (TPSA) is 46.3 Å². The second-order valence-electron chi connectivity index (χ2n) is 5.25. The maximum Gasteiger partial charge on any atom is 0.240 e. The van der Waals surface area contributed by atoms with Crippen molar-refractivity contribution in [2.75, 3.05) is 6.54 Å². The average molecular weight is 262 g/mol. The van der Waals surface area contributed by atoms with E-state index in [2.05, 4.69) is 32.0 Å². The normalized spacial score (nSPS) is 13.9. The van der Waals surface area contributed by atoms with Crippen LogP contribution in [-0.4, -0.2) is 23.4 Å². The minimum Gasteiger partial charge on any atom is -0.337 e. The first kappa shape index (κ1) is 15.7. The standard InChI is InChI=1S/C16H26N2O/c1-5-13(4)15(17)16(19)18(6-2)11-14-9-7-8-12(3)10-14/h7-10,13,15H,5-6,11,17H2,1-4H3/t13-,15-/m0/s1. The predicted octanol–water partition coefficient (Wildman–Crippen LogP) is 2.72. The van der Waals surface area contributed by atoms with Gasteiger partial charge in [-0.05, 0) is 25.3 Å². The third-order valence-electron chi connectivity index (χ3n) is 3.69. The van der Waals surface area contributed by atoms with Crippen LogP contribution in [0, 0.1) is 12.8 Å². The molecule has 2 atom stereocenters. The quantitative estimate of drug-likeness (QED) is 0.857. The highest BCUT2D eigenvalue weighted by Crippen LogP contribution is 2.12. The lowest BCUT2D eigenvalue weighted by atomic mass is 9.98. The van der Waals surface area contributed by atoms with Crippen LogP contribution in [0.2, 0.25) is 0 Å². The van der Waals surface area contributed by atoms with E-state index in [1.54, 1.807) is 0 Å². The maximum absolute atomic E-state index is 12.4. The van der Waals surface area contributed by atoms with Crippen LogP contribution >= 0.6 is 0 Å². The molecule has 0 saturated carbocycles. The first-order valence-electron chi connectivity index (χ1n) is 7.09. The number of rotatable bonds is 6. The van der Waals surface area contributed by atoms with Crippen molar-refractivity contribution in [2.24, 2.45) is 11.7 Å². The Labute approximate surface area is 116 Å². The molecule has 1 aromatic rings. The van der Waals surface area contributed by atoms with E-state index in [1.165, 1.54) is 5.56 Å². The molecule has 2 N–H and O–H groups in total. The molecule has 0 heterocycles. The molecule has 0 bridgehead atoms. The molecule has 19 heavy (non-hydrogen) atoms. The molecule has 3 heteroatoms. The van der Waals surface area contributed by atoms with E-state index in [0.717, 1.165) is 12.0 Å². The van der Waals surface area contributed by atoms with E-state index in [0.29, 0.717) is 13.1 Å². The Kier molecular flexibility index (Phi) is 6.03. The Morgan fingerprint density at radius 3 is 2.58 bits per heavy atom. The number of likely N-dealkylation sites (N-methyl/N-ethyl adjacent to an activating group) is 1. The molecule has 1 amide bonds. The first-order chi connectivity index (χ1) is 8.99. The van der Waals surface area contributed by atoms with Crippen molar-refractivity contribution < 1.29 is 4.79 Å². The van der Waals surface area contributed by atoms with Crippen LogP contribution in [0.3, 0.4) is 0 Å². The van der Waals surface area contributed by atoms with Crippen molar-refractivity contribution in [3.63, 3.8) is 0 Å². The summed E-state index contributed by atoms with van der Waals surface area (Å²) in [5.74, 6) is 0.275. The molecule has 0 spiro atoms. The number of amides is 1. The monoisotopic (exact) mass is 262 g/mol. The predicted molar refractivity (Wildman–Crippen MR) is 79.7 cm³/mol. The maximum atomic E-state index is 12.4. The molecule has 0 fully saturated rings. The van der Waals surface area contributed by atoms with E-state index in [4.69, 9.17) is 5.73 Å². The van der Waals surface area contributed by atoms with Crippen molar-refractivity contribution in [2.45, 2.75) is 46.7 Å². The second-order valence-corrected chi connectivity index (χ2v) is 5.25. The first-order valence-corrected chi connectivity index (χ1v) is 7.09. The zero-order valence-corrected chi connectivity index (χ0v) is 12.5. The number of aryl methyl sites for hydroxylation is 1. The summed E-state index contributed by atoms with van der Waals surface area (Å²) < 4.78 is 0. The second kappa shape index (κ2) is 7.29. The third kappa shape index (κ3) is 4.35. The summed E-state index contributed by atoms with van der Waals surface area (Å²) in [5.41, 5.74) is 8.41. The van der Waals surface area contributed by atoms with Gasteiger partial charge >= 0.3 is 0 Å². The Morgan fingerprint density at radius 2 is 2.05 bits per heavy atom.